The molecule has 1 aromatic heterocycles. The topological polar surface area (TPSA) is 58.2 Å². The first-order valence-electron chi connectivity index (χ1n) is 12.1. The molecule has 0 aliphatic heterocycles. The van der Waals surface area contributed by atoms with E-state index in [0.717, 1.165) is 45.1 Å². The van der Waals surface area contributed by atoms with Crippen molar-refractivity contribution in [3.8, 4) is 11.1 Å². The normalized spacial score (nSPS) is 22.6. The van der Waals surface area contributed by atoms with E-state index in [-0.39, 0.29) is 11.2 Å². The van der Waals surface area contributed by atoms with Crippen LogP contribution in [0.4, 0.5) is 20.3 Å². The Labute approximate surface area is 195 Å². The summed E-state index contributed by atoms with van der Waals surface area (Å²) >= 11 is 0. The average Bonchev–Trinajstić information content (AvgIpc) is 3.53. The van der Waals surface area contributed by atoms with Gasteiger partial charge < -0.3 is 20.7 Å². The minimum atomic E-state index is -0.410. The van der Waals surface area contributed by atoms with Gasteiger partial charge >= 0.3 is 0 Å². The number of benzene rings is 1. The molecule has 0 amide bonds. The fourth-order valence-electron chi connectivity index (χ4n) is 4.58. The van der Waals surface area contributed by atoms with Gasteiger partial charge in [0.05, 0.1) is 18.5 Å². The third kappa shape index (κ3) is 6.42. The summed E-state index contributed by atoms with van der Waals surface area (Å²) in [4.78, 5) is 4.26. The molecule has 33 heavy (non-hydrogen) atoms. The van der Waals surface area contributed by atoms with Crippen molar-refractivity contribution < 1.29 is 13.5 Å². The van der Waals surface area contributed by atoms with Gasteiger partial charge in [-0.2, -0.15) is 0 Å². The lowest BCUT2D eigenvalue weighted by atomic mass is 9.90. The lowest BCUT2D eigenvalue weighted by Crippen LogP contribution is -2.42. The molecule has 0 spiro atoms. The van der Waals surface area contributed by atoms with Crippen LogP contribution in [0.1, 0.15) is 52.4 Å². The van der Waals surface area contributed by atoms with Crippen LogP contribution in [0.15, 0.2) is 30.5 Å². The first-order chi connectivity index (χ1) is 15.8. The predicted molar refractivity (Wildman–Crippen MR) is 130 cm³/mol. The molecular formula is C26H36F2N4O. The van der Waals surface area contributed by atoms with Crippen LogP contribution in [-0.2, 0) is 4.74 Å². The Hall–Kier alpha value is -2.25. The molecule has 0 saturated heterocycles. The summed E-state index contributed by atoms with van der Waals surface area (Å²) in [5.41, 5.74) is 1.73. The average molecular weight is 459 g/mol. The van der Waals surface area contributed by atoms with E-state index in [9.17, 15) is 8.78 Å². The van der Waals surface area contributed by atoms with Crippen LogP contribution in [0.2, 0.25) is 0 Å². The summed E-state index contributed by atoms with van der Waals surface area (Å²) in [7, 11) is 1.72. The number of hydrogen-bond acceptors (Lipinski definition) is 5. The van der Waals surface area contributed by atoms with Crippen molar-refractivity contribution in [3.05, 3.63) is 42.1 Å². The molecule has 4 rings (SSSR count). The fourth-order valence-corrected chi connectivity index (χ4v) is 4.58. The van der Waals surface area contributed by atoms with Crippen molar-refractivity contribution in [3.63, 3.8) is 0 Å². The highest BCUT2D eigenvalue weighted by Gasteiger charge is 2.36. The molecule has 2 aromatic rings. The van der Waals surface area contributed by atoms with Crippen LogP contribution in [0.5, 0.6) is 0 Å². The standard InChI is InChI=1S/C26H36F2N4O/c1-17(15-33-3)31-19-5-7-20(8-6-19)32-25-13-21(23(28)14-29-25)18-4-9-22(27)24(12-18)30-16-26(2)10-11-26/h4,9,12-14,17,19-20,30-31H,5-8,10-11,15-16H2,1-3H3,(H,29,32)/t17-,19?,20?/m0/s1. The van der Waals surface area contributed by atoms with E-state index in [4.69, 9.17) is 4.74 Å². The van der Waals surface area contributed by atoms with Gasteiger partial charge in [-0.1, -0.05) is 13.0 Å². The van der Waals surface area contributed by atoms with E-state index in [1.54, 1.807) is 25.3 Å². The number of rotatable bonds is 10. The Bertz CT molecular complexity index is 942. The third-order valence-corrected chi connectivity index (χ3v) is 6.96. The first kappa shape index (κ1) is 23.9. The number of pyridine rings is 1. The molecule has 2 saturated carbocycles. The van der Waals surface area contributed by atoms with Crippen LogP contribution in [0, 0.1) is 17.0 Å². The number of nitrogens with zero attached hydrogens (tertiary/aromatic N) is 1. The van der Waals surface area contributed by atoms with Crippen molar-refractivity contribution in [2.45, 2.75) is 70.5 Å². The highest BCUT2D eigenvalue weighted by Crippen LogP contribution is 2.45. The Morgan fingerprint density at radius 1 is 1.09 bits per heavy atom. The van der Waals surface area contributed by atoms with Crippen molar-refractivity contribution in [2.24, 2.45) is 5.41 Å². The lowest BCUT2D eigenvalue weighted by Gasteiger charge is -2.31. The van der Waals surface area contributed by atoms with E-state index >= 15 is 0 Å². The Morgan fingerprint density at radius 2 is 1.82 bits per heavy atom. The quantitative estimate of drug-likeness (QED) is 0.434. The summed E-state index contributed by atoms with van der Waals surface area (Å²) < 4.78 is 34.2. The van der Waals surface area contributed by atoms with Crippen molar-refractivity contribution >= 4 is 11.5 Å². The Morgan fingerprint density at radius 3 is 2.52 bits per heavy atom. The van der Waals surface area contributed by atoms with Crippen LogP contribution in [-0.4, -0.2) is 43.4 Å². The minimum absolute atomic E-state index is 0.248. The van der Waals surface area contributed by atoms with Gasteiger partial charge in [-0.3, -0.25) is 0 Å². The molecular weight excluding hydrogens is 422 g/mol. The maximum Gasteiger partial charge on any atom is 0.149 e. The highest BCUT2D eigenvalue weighted by molar-refractivity contribution is 5.71. The highest BCUT2D eigenvalue weighted by atomic mass is 19.1. The Kier molecular flexibility index (Phi) is 7.49. The van der Waals surface area contributed by atoms with Gasteiger partial charge in [0.15, 0.2) is 0 Å². The number of halogens is 2. The van der Waals surface area contributed by atoms with Crippen LogP contribution in [0.3, 0.4) is 0 Å². The number of aromatic nitrogens is 1. The summed E-state index contributed by atoms with van der Waals surface area (Å²) in [6, 6.07) is 7.59. The fraction of sp³-hybridized carbons (Fsp3) is 0.577. The molecule has 7 heteroatoms. The van der Waals surface area contributed by atoms with Crippen molar-refractivity contribution in [1.82, 2.24) is 10.3 Å². The Balaban J connectivity index is 1.39. The van der Waals surface area contributed by atoms with Gasteiger partial charge in [-0.05, 0) is 74.6 Å². The van der Waals surface area contributed by atoms with Gasteiger partial charge in [-0.25, -0.2) is 13.8 Å². The second-order valence-corrected chi connectivity index (χ2v) is 10.1. The van der Waals surface area contributed by atoms with Gasteiger partial charge in [0.1, 0.15) is 17.5 Å². The first-order valence-corrected chi connectivity index (χ1v) is 12.1. The van der Waals surface area contributed by atoms with Crippen molar-refractivity contribution in [2.75, 3.05) is 30.9 Å². The largest absolute Gasteiger partial charge is 0.383 e. The molecule has 2 aliphatic carbocycles. The third-order valence-electron chi connectivity index (χ3n) is 6.96. The zero-order valence-corrected chi connectivity index (χ0v) is 19.9. The SMILES string of the molecule is COC[C@H](C)NC1CCC(Nc2cc(-c3ccc(F)c(NCC4(C)CC4)c3)c(F)cn2)CC1. The molecule has 0 bridgehead atoms. The van der Waals surface area contributed by atoms with E-state index in [2.05, 4.69) is 34.8 Å². The summed E-state index contributed by atoms with van der Waals surface area (Å²) in [5.74, 6) is -0.0758. The maximum absolute atomic E-state index is 14.7. The van der Waals surface area contributed by atoms with Crippen LogP contribution < -0.4 is 16.0 Å². The second kappa shape index (κ2) is 10.3. The second-order valence-electron chi connectivity index (χ2n) is 10.1. The maximum atomic E-state index is 14.7. The van der Waals surface area contributed by atoms with Crippen LogP contribution >= 0.6 is 0 Å². The number of methoxy groups -OCH3 is 1. The lowest BCUT2D eigenvalue weighted by molar-refractivity contribution is 0.161. The molecule has 1 heterocycles. The molecule has 5 nitrogen and oxygen atoms in total. The molecule has 2 aliphatic rings. The van der Waals surface area contributed by atoms with Crippen LogP contribution in [0.25, 0.3) is 11.1 Å². The monoisotopic (exact) mass is 458 g/mol. The molecule has 180 valence electrons. The van der Waals surface area contributed by atoms with E-state index in [1.165, 1.54) is 12.3 Å². The minimum Gasteiger partial charge on any atom is -0.383 e. The number of anilines is 2. The van der Waals surface area contributed by atoms with E-state index in [0.29, 0.717) is 47.4 Å². The molecule has 3 N–H and O–H groups in total. The van der Waals surface area contributed by atoms with E-state index in [1.807, 2.05) is 0 Å². The van der Waals surface area contributed by atoms with Crippen molar-refractivity contribution in [1.29, 1.82) is 0 Å². The summed E-state index contributed by atoms with van der Waals surface area (Å²) in [5, 5.41) is 10.3. The van der Waals surface area contributed by atoms with E-state index < -0.39 is 5.82 Å². The molecule has 0 unspecified atom stereocenters. The van der Waals surface area contributed by atoms with Gasteiger partial charge in [-0.15, -0.1) is 0 Å². The predicted octanol–water partition coefficient (Wildman–Crippen LogP) is 5.59. The smallest absolute Gasteiger partial charge is 0.149 e. The number of hydrogen-bond donors (Lipinski definition) is 3. The molecule has 1 aromatic carbocycles. The molecule has 1 atom stereocenters. The number of nitrogens with one attached hydrogen (secondary N) is 3. The molecule has 0 radical (unpaired) electrons. The zero-order chi connectivity index (χ0) is 23.4. The zero-order valence-electron chi connectivity index (χ0n) is 19.9. The van der Waals surface area contributed by atoms with Gasteiger partial charge in [0, 0.05) is 37.3 Å². The van der Waals surface area contributed by atoms with Gasteiger partial charge in [0.2, 0.25) is 0 Å². The summed E-state index contributed by atoms with van der Waals surface area (Å²) in [6.45, 7) is 5.76. The van der Waals surface area contributed by atoms with Gasteiger partial charge in [0.25, 0.3) is 0 Å². The number of ether oxygens (including phenoxy) is 1. The molecule has 2 fully saturated rings. The summed E-state index contributed by atoms with van der Waals surface area (Å²) in [6.07, 6.45) is 7.75.